The SMILES string of the molecule is CC(C)C(NC(=O)OCC1c2ccccc2-c2ccccc21)C(=O)N(C)C1(C(=O)O)CCC1. The lowest BCUT2D eigenvalue weighted by Gasteiger charge is -2.46. The maximum absolute atomic E-state index is 13.1. The lowest BCUT2D eigenvalue weighted by atomic mass is 9.75. The first-order valence-electron chi connectivity index (χ1n) is 11.4. The molecule has 2 aliphatic carbocycles. The zero-order chi connectivity index (χ0) is 23.8. The molecular formula is C26H30N2O5. The van der Waals surface area contributed by atoms with Gasteiger partial charge in [-0.25, -0.2) is 9.59 Å². The highest BCUT2D eigenvalue weighted by atomic mass is 16.5. The number of nitrogens with zero attached hydrogens (tertiary/aromatic N) is 1. The van der Waals surface area contributed by atoms with Crippen LogP contribution in [0, 0.1) is 5.92 Å². The van der Waals surface area contributed by atoms with Gasteiger partial charge in [0.2, 0.25) is 5.91 Å². The molecule has 2 N–H and O–H groups in total. The summed E-state index contributed by atoms with van der Waals surface area (Å²) in [6, 6.07) is 15.3. The molecule has 2 amide bonds. The van der Waals surface area contributed by atoms with Gasteiger partial charge in [0.25, 0.3) is 0 Å². The first kappa shape index (κ1) is 22.8. The van der Waals surface area contributed by atoms with E-state index in [1.807, 2.05) is 50.2 Å². The van der Waals surface area contributed by atoms with Crippen LogP contribution in [0.15, 0.2) is 48.5 Å². The van der Waals surface area contributed by atoms with Crippen molar-refractivity contribution in [3.63, 3.8) is 0 Å². The largest absolute Gasteiger partial charge is 0.479 e. The molecule has 7 heteroatoms. The third-order valence-electron chi connectivity index (χ3n) is 7.10. The second-order valence-electron chi connectivity index (χ2n) is 9.28. The Hall–Kier alpha value is -3.35. The average molecular weight is 451 g/mol. The number of carbonyl (C=O) groups is 3. The summed E-state index contributed by atoms with van der Waals surface area (Å²) in [5, 5.41) is 12.3. The van der Waals surface area contributed by atoms with Crippen molar-refractivity contribution in [3.8, 4) is 11.1 Å². The number of rotatable bonds is 7. The van der Waals surface area contributed by atoms with Crippen LogP contribution in [0.4, 0.5) is 4.79 Å². The predicted octanol–water partition coefficient (Wildman–Crippen LogP) is 4.02. The molecule has 1 fully saturated rings. The van der Waals surface area contributed by atoms with Crippen molar-refractivity contribution in [2.24, 2.45) is 5.92 Å². The minimum Gasteiger partial charge on any atom is -0.479 e. The van der Waals surface area contributed by atoms with Gasteiger partial charge in [0.1, 0.15) is 18.2 Å². The van der Waals surface area contributed by atoms with Gasteiger partial charge in [0, 0.05) is 13.0 Å². The number of aliphatic carboxylic acids is 1. The van der Waals surface area contributed by atoms with E-state index in [9.17, 15) is 19.5 Å². The van der Waals surface area contributed by atoms with E-state index in [0.717, 1.165) is 28.7 Å². The van der Waals surface area contributed by atoms with Gasteiger partial charge in [0.05, 0.1) is 0 Å². The number of hydrogen-bond donors (Lipinski definition) is 2. The number of carboxylic acids is 1. The van der Waals surface area contributed by atoms with E-state index in [4.69, 9.17) is 4.74 Å². The summed E-state index contributed by atoms with van der Waals surface area (Å²) in [7, 11) is 1.50. The Labute approximate surface area is 193 Å². The van der Waals surface area contributed by atoms with E-state index >= 15 is 0 Å². The Bertz CT molecular complexity index is 1030. The molecule has 0 heterocycles. The second-order valence-corrected chi connectivity index (χ2v) is 9.28. The van der Waals surface area contributed by atoms with Crippen molar-refractivity contribution in [3.05, 3.63) is 59.7 Å². The van der Waals surface area contributed by atoms with Crippen molar-refractivity contribution >= 4 is 18.0 Å². The summed E-state index contributed by atoms with van der Waals surface area (Å²) in [6.45, 7) is 3.77. The molecule has 2 aromatic carbocycles. The zero-order valence-electron chi connectivity index (χ0n) is 19.2. The van der Waals surface area contributed by atoms with Gasteiger partial charge in [-0.3, -0.25) is 4.79 Å². The van der Waals surface area contributed by atoms with Crippen molar-refractivity contribution < 1.29 is 24.2 Å². The van der Waals surface area contributed by atoms with Gasteiger partial charge in [-0.2, -0.15) is 0 Å². The van der Waals surface area contributed by atoms with Gasteiger partial charge < -0.3 is 20.1 Å². The predicted molar refractivity (Wildman–Crippen MR) is 124 cm³/mol. The number of carbonyl (C=O) groups excluding carboxylic acids is 2. The topological polar surface area (TPSA) is 95.9 Å². The number of carboxylic acid groups (broad SMARTS) is 1. The first-order valence-corrected chi connectivity index (χ1v) is 11.4. The quantitative estimate of drug-likeness (QED) is 0.664. The molecule has 174 valence electrons. The number of hydrogen-bond acceptors (Lipinski definition) is 4. The highest BCUT2D eigenvalue weighted by molar-refractivity contribution is 5.92. The summed E-state index contributed by atoms with van der Waals surface area (Å²) in [5.41, 5.74) is 3.30. The summed E-state index contributed by atoms with van der Waals surface area (Å²) >= 11 is 0. The van der Waals surface area contributed by atoms with Crippen LogP contribution < -0.4 is 5.32 Å². The van der Waals surface area contributed by atoms with Crippen LogP contribution in [-0.2, 0) is 14.3 Å². The molecule has 0 radical (unpaired) electrons. The normalized spacial score (nSPS) is 16.8. The minimum absolute atomic E-state index is 0.0794. The first-order chi connectivity index (χ1) is 15.8. The molecule has 4 rings (SSSR count). The molecule has 7 nitrogen and oxygen atoms in total. The number of benzene rings is 2. The Kier molecular flexibility index (Phi) is 6.15. The van der Waals surface area contributed by atoms with E-state index in [1.165, 1.54) is 11.9 Å². The van der Waals surface area contributed by atoms with Crippen LogP contribution in [0.25, 0.3) is 11.1 Å². The maximum atomic E-state index is 13.1. The fraction of sp³-hybridized carbons (Fsp3) is 0.423. The number of fused-ring (bicyclic) bond motifs is 3. The summed E-state index contributed by atoms with van der Waals surface area (Å²) in [5.74, 6) is -1.73. The number of nitrogens with one attached hydrogen (secondary N) is 1. The van der Waals surface area contributed by atoms with Crippen LogP contribution >= 0.6 is 0 Å². The molecule has 0 spiro atoms. The Morgan fingerprint density at radius 3 is 2.06 bits per heavy atom. The number of likely N-dealkylation sites (N-methyl/N-ethyl adjacent to an activating group) is 1. The van der Waals surface area contributed by atoms with Crippen LogP contribution in [0.2, 0.25) is 0 Å². The number of ether oxygens (including phenoxy) is 1. The highest BCUT2D eigenvalue weighted by Gasteiger charge is 2.51. The molecular weight excluding hydrogens is 420 g/mol. The third kappa shape index (κ3) is 3.96. The molecule has 0 bridgehead atoms. The molecule has 33 heavy (non-hydrogen) atoms. The van der Waals surface area contributed by atoms with Crippen LogP contribution in [-0.4, -0.2) is 53.2 Å². The van der Waals surface area contributed by atoms with Gasteiger partial charge in [0.15, 0.2) is 0 Å². The van der Waals surface area contributed by atoms with E-state index in [2.05, 4.69) is 17.4 Å². The van der Waals surface area contributed by atoms with Crippen molar-refractivity contribution in [2.45, 2.75) is 50.6 Å². The van der Waals surface area contributed by atoms with Gasteiger partial charge in [-0.1, -0.05) is 62.4 Å². The second kappa shape index (κ2) is 8.89. The fourth-order valence-electron chi connectivity index (χ4n) is 4.90. The Morgan fingerprint density at radius 1 is 1.06 bits per heavy atom. The standard InChI is InChI=1S/C26H30N2O5/c1-16(2)22(23(29)28(3)26(24(30)31)13-8-14-26)27-25(32)33-15-21-19-11-6-4-9-17(19)18-10-5-7-12-20(18)21/h4-7,9-12,16,21-22H,8,13-15H2,1-3H3,(H,27,32)(H,30,31). The Balaban J connectivity index is 1.44. The van der Waals surface area contributed by atoms with Crippen LogP contribution in [0.1, 0.15) is 50.2 Å². The van der Waals surface area contributed by atoms with E-state index in [-0.39, 0.29) is 18.4 Å². The zero-order valence-corrected chi connectivity index (χ0v) is 19.2. The fourth-order valence-corrected chi connectivity index (χ4v) is 4.90. The van der Waals surface area contributed by atoms with E-state index in [0.29, 0.717) is 12.8 Å². The van der Waals surface area contributed by atoms with E-state index in [1.54, 1.807) is 0 Å². The molecule has 0 aromatic heterocycles. The molecule has 1 saturated carbocycles. The monoisotopic (exact) mass is 450 g/mol. The summed E-state index contributed by atoms with van der Waals surface area (Å²) in [4.78, 5) is 39.0. The molecule has 2 aromatic rings. The molecule has 1 unspecified atom stereocenters. The average Bonchev–Trinajstić information content (AvgIpc) is 3.08. The summed E-state index contributed by atoms with van der Waals surface area (Å²) in [6.07, 6.45) is 0.909. The smallest absolute Gasteiger partial charge is 0.407 e. The molecule has 0 saturated heterocycles. The van der Waals surface area contributed by atoms with E-state index < -0.39 is 29.6 Å². The maximum Gasteiger partial charge on any atom is 0.407 e. The lowest BCUT2D eigenvalue weighted by Crippen LogP contribution is -2.63. The molecule has 1 atom stereocenters. The number of amides is 2. The van der Waals surface area contributed by atoms with Gasteiger partial charge in [-0.05, 0) is 47.4 Å². The number of alkyl carbamates (subject to hydrolysis) is 1. The van der Waals surface area contributed by atoms with Crippen molar-refractivity contribution in [2.75, 3.05) is 13.7 Å². The highest BCUT2D eigenvalue weighted by Crippen LogP contribution is 2.44. The van der Waals surface area contributed by atoms with Crippen molar-refractivity contribution in [1.82, 2.24) is 10.2 Å². The van der Waals surface area contributed by atoms with Gasteiger partial charge >= 0.3 is 12.1 Å². The Morgan fingerprint density at radius 2 is 1.61 bits per heavy atom. The van der Waals surface area contributed by atoms with Gasteiger partial charge in [-0.15, -0.1) is 0 Å². The molecule has 2 aliphatic rings. The van der Waals surface area contributed by atoms with Crippen LogP contribution in [0.3, 0.4) is 0 Å². The lowest BCUT2D eigenvalue weighted by molar-refractivity contribution is -0.165. The minimum atomic E-state index is -1.19. The molecule has 0 aliphatic heterocycles. The van der Waals surface area contributed by atoms with Crippen LogP contribution in [0.5, 0.6) is 0 Å². The summed E-state index contributed by atoms with van der Waals surface area (Å²) < 4.78 is 5.59. The van der Waals surface area contributed by atoms with Crippen molar-refractivity contribution in [1.29, 1.82) is 0 Å². The third-order valence-corrected chi connectivity index (χ3v) is 7.10.